The Morgan fingerprint density at radius 2 is 1.75 bits per heavy atom. The first-order valence-corrected chi connectivity index (χ1v) is 7.03. The third-order valence-corrected chi connectivity index (χ3v) is 3.38. The normalized spacial score (nSPS) is 18.8. The summed E-state index contributed by atoms with van der Waals surface area (Å²) in [5.41, 5.74) is 0. The molecule has 0 radical (unpaired) electrons. The van der Waals surface area contributed by atoms with Crippen LogP contribution in [0.4, 0.5) is 0 Å². The number of aliphatic hydroxyl groups is 2. The Kier molecular flexibility index (Phi) is 11.3. The molecule has 98 valence electrons. The molecule has 0 aromatic heterocycles. The van der Waals surface area contributed by atoms with E-state index < -0.39 is 0 Å². The highest BCUT2D eigenvalue weighted by Gasteiger charge is 2.07. The second-order valence-electron chi connectivity index (χ2n) is 4.89. The molecule has 0 saturated heterocycles. The van der Waals surface area contributed by atoms with Crippen molar-refractivity contribution < 1.29 is 10.2 Å². The van der Waals surface area contributed by atoms with E-state index in [1.807, 2.05) is 0 Å². The van der Waals surface area contributed by atoms with E-state index in [2.05, 4.69) is 13.8 Å². The summed E-state index contributed by atoms with van der Waals surface area (Å²) in [5.74, 6) is 0.560. The van der Waals surface area contributed by atoms with Gasteiger partial charge in [-0.05, 0) is 25.2 Å². The Hall–Kier alpha value is -0.0800. The zero-order valence-electron chi connectivity index (χ0n) is 11.1. The lowest BCUT2D eigenvalue weighted by Crippen LogP contribution is -2.09. The molecule has 0 bridgehead atoms. The smallest absolute Gasteiger partial charge is 0.0540 e. The first-order valence-electron chi connectivity index (χ1n) is 7.03. The lowest BCUT2D eigenvalue weighted by atomic mass is 9.98. The SMILES string of the molecule is CCCCC(CC)CO.OC1CCCCC1. The Labute approximate surface area is 101 Å². The molecular formula is C14H30O2. The number of hydrogen-bond acceptors (Lipinski definition) is 2. The molecule has 1 unspecified atom stereocenters. The van der Waals surface area contributed by atoms with Crippen molar-refractivity contribution in [3.05, 3.63) is 0 Å². The fourth-order valence-corrected chi connectivity index (χ4v) is 2.00. The molecule has 1 atom stereocenters. The lowest BCUT2D eigenvalue weighted by Gasteiger charge is -2.14. The van der Waals surface area contributed by atoms with Crippen molar-refractivity contribution in [2.75, 3.05) is 6.61 Å². The first-order chi connectivity index (χ1) is 7.74. The van der Waals surface area contributed by atoms with Gasteiger partial charge >= 0.3 is 0 Å². The summed E-state index contributed by atoms with van der Waals surface area (Å²) in [6.45, 7) is 4.69. The van der Waals surface area contributed by atoms with Gasteiger partial charge in [-0.15, -0.1) is 0 Å². The van der Waals surface area contributed by atoms with Crippen LogP contribution < -0.4 is 0 Å². The van der Waals surface area contributed by atoms with Gasteiger partial charge < -0.3 is 10.2 Å². The summed E-state index contributed by atoms with van der Waals surface area (Å²) in [7, 11) is 0. The summed E-state index contributed by atoms with van der Waals surface area (Å²) in [6.07, 6.45) is 10.8. The quantitative estimate of drug-likeness (QED) is 0.759. The lowest BCUT2D eigenvalue weighted by molar-refractivity contribution is 0.130. The van der Waals surface area contributed by atoms with Crippen LogP contribution in [0.2, 0.25) is 0 Å². The van der Waals surface area contributed by atoms with Crippen molar-refractivity contribution in [1.82, 2.24) is 0 Å². The minimum absolute atomic E-state index is 0.0359. The highest BCUT2D eigenvalue weighted by atomic mass is 16.3. The van der Waals surface area contributed by atoms with E-state index in [9.17, 15) is 0 Å². The maximum Gasteiger partial charge on any atom is 0.0540 e. The van der Waals surface area contributed by atoms with Gasteiger partial charge in [0, 0.05) is 6.61 Å². The third-order valence-electron chi connectivity index (χ3n) is 3.38. The molecule has 0 aromatic rings. The highest BCUT2D eigenvalue weighted by Crippen LogP contribution is 2.16. The number of unbranched alkanes of at least 4 members (excludes halogenated alkanes) is 1. The average molecular weight is 230 g/mol. The Balaban J connectivity index is 0.000000288. The van der Waals surface area contributed by atoms with Crippen LogP contribution in [0, 0.1) is 5.92 Å². The van der Waals surface area contributed by atoms with E-state index >= 15 is 0 Å². The fraction of sp³-hybridized carbons (Fsp3) is 1.00. The first kappa shape index (κ1) is 15.9. The number of rotatable bonds is 5. The maximum absolute atomic E-state index is 8.91. The van der Waals surface area contributed by atoms with Gasteiger partial charge in [0.25, 0.3) is 0 Å². The number of aliphatic hydroxyl groups excluding tert-OH is 2. The molecule has 1 aliphatic rings. The van der Waals surface area contributed by atoms with Gasteiger partial charge in [-0.1, -0.05) is 52.4 Å². The Morgan fingerprint density at radius 1 is 1.12 bits per heavy atom. The van der Waals surface area contributed by atoms with Gasteiger partial charge in [0.05, 0.1) is 6.10 Å². The van der Waals surface area contributed by atoms with E-state index in [0.29, 0.717) is 12.5 Å². The van der Waals surface area contributed by atoms with Crippen LogP contribution in [0.3, 0.4) is 0 Å². The van der Waals surface area contributed by atoms with E-state index in [-0.39, 0.29) is 6.10 Å². The largest absolute Gasteiger partial charge is 0.396 e. The molecule has 2 N–H and O–H groups in total. The molecule has 1 fully saturated rings. The summed E-state index contributed by atoms with van der Waals surface area (Å²) < 4.78 is 0. The van der Waals surface area contributed by atoms with Crippen LogP contribution in [0.25, 0.3) is 0 Å². The minimum Gasteiger partial charge on any atom is -0.396 e. The topological polar surface area (TPSA) is 40.5 Å². The van der Waals surface area contributed by atoms with Crippen LogP contribution in [0.5, 0.6) is 0 Å². The third kappa shape index (κ3) is 9.17. The van der Waals surface area contributed by atoms with E-state index in [1.54, 1.807) is 0 Å². The van der Waals surface area contributed by atoms with Crippen molar-refractivity contribution in [1.29, 1.82) is 0 Å². The molecule has 1 saturated carbocycles. The van der Waals surface area contributed by atoms with Crippen molar-refractivity contribution >= 4 is 0 Å². The summed E-state index contributed by atoms with van der Waals surface area (Å²) in [6, 6.07) is 0. The predicted octanol–water partition coefficient (Wildman–Crippen LogP) is 3.51. The second-order valence-corrected chi connectivity index (χ2v) is 4.89. The van der Waals surface area contributed by atoms with Gasteiger partial charge in [0.15, 0.2) is 0 Å². The van der Waals surface area contributed by atoms with E-state index in [4.69, 9.17) is 10.2 Å². The molecule has 16 heavy (non-hydrogen) atoms. The molecular weight excluding hydrogens is 200 g/mol. The van der Waals surface area contributed by atoms with E-state index in [1.165, 1.54) is 38.5 Å². The van der Waals surface area contributed by atoms with Gasteiger partial charge in [0.1, 0.15) is 0 Å². The molecule has 0 heterocycles. The minimum atomic E-state index is 0.0359. The number of hydrogen-bond donors (Lipinski definition) is 2. The Bertz CT molecular complexity index is 127. The molecule has 2 heteroatoms. The second kappa shape index (κ2) is 11.4. The zero-order valence-corrected chi connectivity index (χ0v) is 11.1. The molecule has 2 nitrogen and oxygen atoms in total. The molecule has 1 aliphatic carbocycles. The van der Waals surface area contributed by atoms with Crippen LogP contribution >= 0.6 is 0 Å². The van der Waals surface area contributed by atoms with Crippen molar-refractivity contribution in [3.63, 3.8) is 0 Å². The molecule has 0 amide bonds. The van der Waals surface area contributed by atoms with Crippen LogP contribution in [-0.4, -0.2) is 22.9 Å². The van der Waals surface area contributed by atoms with Crippen LogP contribution in [-0.2, 0) is 0 Å². The van der Waals surface area contributed by atoms with E-state index in [0.717, 1.165) is 19.3 Å². The van der Waals surface area contributed by atoms with Gasteiger partial charge in [-0.2, -0.15) is 0 Å². The van der Waals surface area contributed by atoms with Gasteiger partial charge in [0.2, 0.25) is 0 Å². The summed E-state index contributed by atoms with van der Waals surface area (Å²) >= 11 is 0. The highest BCUT2D eigenvalue weighted by molar-refractivity contribution is 4.61. The molecule has 1 rings (SSSR count). The van der Waals surface area contributed by atoms with Crippen molar-refractivity contribution in [2.45, 2.75) is 77.7 Å². The fourth-order valence-electron chi connectivity index (χ4n) is 2.00. The zero-order chi connectivity index (χ0) is 12.2. The monoisotopic (exact) mass is 230 g/mol. The maximum atomic E-state index is 8.91. The van der Waals surface area contributed by atoms with Crippen LogP contribution in [0.1, 0.15) is 71.6 Å². The van der Waals surface area contributed by atoms with Gasteiger partial charge in [-0.3, -0.25) is 0 Å². The standard InChI is InChI=1S/C8H18O.C6H12O/c1-3-5-6-8(4-2)7-9;7-6-4-2-1-3-5-6/h8-9H,3-7H2,1-2H3;6-7H,1-5H2. The summed E-state index contributed by atoms with van der Waals surface area (Å²) in [4.78, 5) is 0. The average Bonchev–Trinajstić information content (AvgIpc) is 2.32. The molecule has 0 aromatic carbocycles. The molecule has 0 spiro atoms. The predicted molar refractivity (Wildman–Crippen MR) is 69.5 cm³/mol. The van der Waals surface area contributed by atoms with Crippen molar-refractivity contribution in [3.8, 4) is 0 Å². The van der Waals surface area contributed by atoms with Crippen LogP contribution in [0.15, 0.2) is 0 Å². The van der Waals surface area contributed by atoms with Gasteiger partial charge in [-0.25, -0.2) is 0 Å². The Morgan fingerprint density at radius 3 is 2.06 bits per heavy atom. The van der Waals surface area contributed by atoms with Crippen molar-refractivity contribution in [2.24, 2.45) is 5.92 Å². The molecule has 0 aliphatic heterocycles. The summed E-state index contributed by atoms with van der Waals surface area (Å²) in [5, 5.41) is 17.7.